The van der Waals surface area contributed by atoms with E-state index in [0.717, 1.165) is 16.3 Å². The Morgan fingerprint density at radius 1 is 0.643 bits per heavy atom. The minimum Gasteiger partial charge on any atom is -0.508 e. The third-order valence-electron chi connectivity index (χ3n) is 9.87. The molecule has 17 heteroatoms. The number of nitrogens with one attached hydrogen (secondary N) is 4. The van der Waals surface area contributed by atoms with Crippen molar-refractivity contribution < 1.29 is 29.1 Å². The predicted octanol–water partition coefficient (Wildman–Crippen LogP) is -0.618. The van der Waals surface area contributed by atoms with Gasteiger partial charge < -0.3 is 54.2 Å². The quantitative estimate of drug-likeness (QED) is 0.0640. The number of hydrogen-bond acceptors (Lipinski definition) is 8. The van der Waals surface area contributed by atoms with Gasteiger partial charge in [0.05, 0.1) is 0 Å². The van der Waals surface area contributed by atoms with Crippen LogP contribution in [0.25, 0.3) is 10.8 Å². The molecule has 0 aromatic heterocycles. The molecule has 2 aliphatic rings. The van der Waals surface area contributed by atoms with Crippen LogP contribution in [0, 0.1) is 0 Å². The molecule has 17 nitrogen and oxygen atoms in total. The maximum Gasteiger partial charge on any atom is 0.246 e. The smallest absolute Gasteiger partial charge is 0.246 e. The molecule has 0 radical (unpaired) electrons. The molecule has 2 fully saturated rings. The van der Waals surface area contributed by atoms with Crippen molar-refractivity contribution in [2.24, 2.45) is 32.9 Å². The van der Waals surface area contributed by atoms with Gasteiger partial charge in [0.1, 0.15) is 36.0 Å². The fourth-order valence-electron chi connectivity index (χ4n) is 7.01. The van der Waals surface area contributed by atoms with Gasteiger partial charge in [-0.2, -0.15) is 0 Å². The number of carbonyl (C=O) groups is 5. The lowest BCUT2D eigenvalue weighted by molar-refractivity contribution is -0.142. The Morgan fingerprint density at radius 3 is 1.77 bits per heavy atom. The predicted molar refractivity (Wildman–Crippen MR) is 212 cm³/mol. The number of aromatic hydroxyl groups is 1. The zero-order valence-corrected chi connectivity index (χ0v) is 31.2. The molecular formula is C39H51N11O6. The minimum absolute atomic E-state index is 0.0128. The Morgan fingerprint density at radius 2 is 1.16 bits per heavy atom. The molecule has 3 aromatic rings. The summed E-state index contributed by atoms with van der Waals surface area (Å²) in [6.07, 6.45) is 1.73. The summed E-state index contributed by atoms with van der Waals surface area (Å²) in [5.74, 6) is -3.23. The van der Waals surface area contributed by atoms with Crippen LogP contribution in [0.3, 0.4) is 0 Å². The zero-order chi connectivity index (χ0) is 40.2. The van der Waals surface area contributed by atoms with Crippen LogP contribution >= 0.6 is 0 Å². The van der Waals surface area contributed by atoms with Crippen LogP contribution in [-0.2, 0) is 36.8 Å². The number of phenols is 1. The van der Waals surface area contributed by atoms with Crippen molar-refractivity contribution in [2.45, 2.75) is 81.6 Å². The van der Waals surface area contributed by atoms with E-state index in [9.17, 15) is 29.1 Å². The highest BCUT2D eigenvalue weighted by Gasteiger charge is 2.40. The molecule has 0 aliphatic carbocycles. The average Bonchev–Trinajstić information content (AvgIpc) is 3.67. The first-order chi connectivity index (χ1) is 26.9. The Balaban J connectivity index is 1.53. The first-order valence-corrected chi connectivity index (χ1v) is 18.8. The SMILES string of the molecule is NC(N)=NCCC[C@@H]1NC(=O)[C@@H](CCCN=C(N)N)NC(=O)[C@@H](Cc2ccc(O)cc2)NC(=O)[C@@H]2CCCN2C(=O)[C@H](Cc2ccc3ccccc3c2)NC1=O. The van der Waals surface area contributed by atoms with Gasteiger partial charge in [0.15, 0.2) is 11.9 Å². The highest BCUT2D eigenvalue weighted by Crippen LogP contribution is 2.23. The summed E-state index contributed by atoms with van der Waals surface area (Å²) < 4.78 is 0. The van der Waals surface area contributed by atoms with Crippen molar-refractivity contribution in [1.29, 1.82) is 0 Å². The highest BCUT2D eigenvalue weighted by molar-refractivity contribution is 5.98. The molecule has 56 heavy (non-hydrogen) atoms. The Bertz CT molecular complexity index is 1940. The van der Waals surface area contributed by atoms with Crippen molar-refractivity contribution in [3.63, 3.8) is 0 Å². The third-order valence-corrected chi connectivity index (χ3v) is 9.87. The van der Waals surface area contributed by atoms with Crippen LogP contribution in [0.4, 0.5) is 0 Å². The minimum atomic E-state index is -1.17. The van der Waals surface area contributed by atoms with Gasteiger partial charge in [-0.15, -0.1) is 0 Å². The van der Waals surface area contributed by atoms with Crippen molar-refractivity contribution in [3.05, 3.63) is 77.9 Å². The van der Waals surface area contributed by atoms with E-state index < -0.39 is 59.7 Å². The second kappa shape index (κ2) is 19.3. The first kappa shape index (κ1) is 40.8. The lowest BCUT2D eigenvalue weighted by atomic mass is 9.99. The molecule has 0 saturated carbocycles. The maximum absolute atomic E-state index is 14.5. The molecular weight excluding hydrogens is 718 g/mol. The van der Waals surface area contributed by atoms with Crippen molar-refractivity contribution in [1.82, 2.24) is 26.2 Å². The topological polar surface area (TPSA) is 286 Å². The van der Waals surface area contributed by atoms with E-state index in [1.54, 1.807) is 12.1 Å². The van der Waals surface area contributed by atoms with Gasteiger partial charge in [0.2, 0.25) is 29.5 Å². The third kappa shape index (κ3) is 11.3. The fourth-order valence-corrected chi connectivity index (χ4v) is 7.01. The average molecular weight is 770 g/mol. The number of carbonyl (C=O) groups excluding carboxylic acids is 5. The van der Waals surface area contributed by atoms with Crippen LogP contribution in [0.2, 0.25) is 0 Å². The summed E-state index contributed by atoms with van der Waals surface area (Å²) in [6, 6.07) is 14.2. The number of guanidine groups is 2. The number of rotatable bonds is 12. The summed E-state index contributed by atoms with van der Waals surface area (Å²) in [5.41, 5.74) is 23.4. The lowest BCUT2D eigenvalue weighted by Gasteiger charge is -2.30. The van der Waals surface area contributed by atoms with E-state index in [0.29, 0.717) is 24.8 Å². The van der Waals surface area contributed by atoms with Crippen LogP contribution in [0.5, 0.6) is 5.75 Å². The molecule has 0 spiro atoms. The van der Waals surface area contributed by atoms with Gasteiger partial charge in [-0.25, -0.2) is 0 Å². The fraction of sp³-hybridized carbons (Fsp3) is 0.410. The van der Waals surface area contributed by atoms with Crippen molar-refractivity contribution >= 4 is 52.2 Å². The molecule has 3 aromatic carbocycles. The summed E-state index contributed by atoms with van der Waals surface area (Å²) in [6.45, 7) is 0.586. The molecule has 0 unspecified atom stereocenters. The number of nitrogens with zero attached hydrogens (tertiary/aromatic N) is 3. The largest absolute Gasteiger partial charge is 0.508 e. The van der Waals surface area contributed by atoms with Crippen LogP contribution in [-0.4, -0.2) is 101 Å². The van der Waals surface area contributed by atoms with E-state index in [-0.39, 0.29) is 69.4 Å². The summed E-state index contributed by atoms with van der Waals surface area (Å²) in [4.78, 5) is 80.4. The van der Waals surface area contributed by atoms with Crippen LogP contribution in [0.15, 0.2) is 76.7 Å². The van der Waals surface area contributed by atoms with E-state index in [4.69, 9.17) is 22.9 Å². The van der Waals surface area contributed by atoms with Crippen molar-refractivity contribution in [2.75, 3.05) is 19.6 Å². The van der Waals surface area contributed by atoms with E-state index >= 15 is 0 Å². The number of aliphatic imine (C=N–C) groups is 2. The Kier molecular flexibility index (Phi) is 14.0. The molecule has 0 bridgehead atoms. The molecule has 5 amide bonds. The number of nitrogens with two attached hydrogens (primary N) is 4. The van der Waals surface area contributed by atoms with Crippen LogP contribution < -0.4 is 44.2 Å². The number of phenolic OH excluding ortho intramolecular Hbond substituents is 1. The summed E-state index contributed by atoms with van der Waals surface area (Å²) >= 11 is 0. The number of fused-ring (bicyclic) bond motifs is 2. The summed E-state index contributed by atoms with van der Waals surface area (Å²) in [5, 5.41) is 23.1. The molecule has 13 N–H and O–H groups in total. The van der Waals surface area contributed by atoms with Gasteiger partial charge in [0.25, 0.3) is 0 Å². The first-order valence-electron chi connectivity index (χ1n) is 18.8. The van der Waals surface area contributed by atoms with E-state index in [2.05, 4.69) is 31.3 Å². The number of benzene rings is 3. The zero-order valence-electron chi connectivity index (χ0n) is 31.2. The standard InChI is InChI=1S/C39H51N11O6/c40-38(41)44-17-3-8-28-33(52)46-29(9-4-18-45-39(42)43)34(53)49-31(22-24-11-14-25-6-1-2-7-26(25)20-24)37(56)50-19-5-10-32(50)36(55)48-30(35(54)47-28)21-23-12-15-27(51)16-13-23/h1-2,6-7,11-16,20,28-32,51H,3-5,8-10,17-19,21-22H2,(H,46,52)(H,47,54)(H,48,55)(H,49,53)(H4,40,41,44)(H4,42,43,45)/t28-,29+,30-,31+,32+/m1/s1. The second-order valence-electron chi connectivity index (χ2n) is 14.1. The van der Waals surface area contributed by atoms with Gasteiger partial charge in [-0.3, -0.25) is 34.0 Å². The van der Waals surface area contributed by atoms with Gasteiger partial charge >= 0.3 is 0 Å². The Labute approximate surface area is 324 Å². The van der Waals surface area contributed by atoms with Crippen LogP contribution in [0.1, 0.15) is 49.7 Å². The van der Waals surface area contributed by atoms with Gasteiger partial charge in [-0.1, -0.05) is 54.6 Å². The molecule has 2 heterocycles. The van der Waals surface area contributed by atoms with Gasteiger partial charge in [-0.05, 0) is 72.6 Å². The normalized spacial score (nSPS) is 22.1. The molecule has 2 aliphatic heterocycles. The highest BCUT2D eigenvalue weighted by atomic mass is 16.3. The monoisotopic (exact) mass is 769 g/mol. The van der Waals surface area contributed by atoms with Gasteiger partial charge in [0, 0.05) is 32.5 Å². The van der Waals surface area contributed by atoms with Crippen molar-refractivity contribution in [3.8, 4) is 5.75 Å². The molecule has 298 valence electrons. The number of amides is 5. The molecule has 2 saturated heterocycles. The van der Waals surface area contributed by atoms with E-state index in [1.165, 1.54) is 17.0 Å². The Hall–Kier alpha value is -6.39. The molecule has 5 atom stereocenters. The summed E-state index contributed by atoms with van der Waals surface area (Å²) in [7, 11) is 0. The maximum atomic E-state index is 14.5. The molecule has 5 rings (SSSR count). The van der Waals surface area contributed by atoms with E-state index in [1.807, 2.05) is 42.5 Å². The lowest BCUT2D eigenvalue weighted by Crippen LogP contribution is -2.58. The number of hydrogen-bond donors (Lipinski definition) is 9. The second-order valence-corrected chi connectivity index (χ2v) is 14.1.